The van der Waals surface area contributed by atoms with E-state index in [0.717, 1.165) is 31.5 Å². The summed E-state index contributed by atoms with van der Waals surface area (Å²) >= 11 is 6.38. The molecule has 1 N–H and O–H groups in total. The molecule has 3 rings (SSSR count). The summed E-state index contributed by atoms with van der Waals surface area (Å²) in [7, 11) is 0. The maximum absolute atomic E-state index is 13.4. The largest absolute Gasteiger partial charge is 0.625 e. The van der Waals surface area contributed by atoms with E-state index in [4.69, 9.17) is 16.6 Å². The third-order valence-electron chi connectivity index (χ3n) is 6.69. The molecule has 6 nitrogen and oxygen atoms in total. The van der Waals surface area contributed by atoms with Crippen LogP contribution in [0.15, 0.2) is 53.5 Å². The summed E-state index contributed by atoms with van der Waals surface area (Å²) in [6, 6.07) is 14.8. The summed E-state index contributed by atoms with van der Waals surface area (Å²) < 4.78 is 0. The first-order valence-corrected chi connectivity index (χ1v) is 12.7. The van der Waals surface area contributed by atoms with Gasteiger partial charge in [-0.1, -0.05) is 68.8 Å². The Morgan fingerprint density at radius 1 is 1.19 bits per heavy atom. The number of rotatable bonds is 10. The van der Waals surface area contributed by atoms with Gasteiger partial charge in [-0.15, -0.1) is 5.69 Å². The van der Waals surface area contributed by atoms with Gasteiger partial charge in [-0.2, -0.15) is 0 Å². The van der Waals surface area contributed by atoms with E-state index in [1.165, 1.54) is 0 Å². The molecule has 0 saturated carbocycles. The molecular formula is C28H35ClN3NiO3-. The van der Waals surface area contributed by atoms with Crippen LogP contribution in [0.25, 0.3) is 5.32 Å². The molecule has 8 heteroatoms. The van der Waals surface area contributed by atoms with E-state index in [2.05, 4.69) is 17.1 Å². The number of hydrogen-bond donors (Lipinski definition) is 1. The second-order valence-corrected chi connectivity index (χ2v) is 10.2. The molecule has 1 amide bonds. The molecule has 0 unspecified atom stereocenters. The quantitative estimate of drug-likeness (QED) is 0.274. The number of carboxylic acids is 1. The van der Waals surface area contributed by atoms with Crippen molar-refractivity contribution in [2.75, 3.05) is 19.6 Å². The number of aliphatic carboxylic acids is 1. The minimum Gasteiger partial charge on any atom is -0.625 e. The van der Waals surface area contributed by atoms with Crippen molar-refractivity contribution in [3.05, 3.63) is 70.0 Å². The van der Waals surface area contributed by atoms with Gasteiger partial charge < -0.3 is 15.2 Å². The van der Waals surface area contributed by atoms with Gasteiger partial charge in [0.15, 0.2) is 0 Å². The minimum atomic E-state index is -0.866. The predicted molar refractivity (Wildman–Crippen MR) is 142 cm³/mol. The maximum atomic E-state index is 13.4. The Labute approximate surface area is 229 Å². The van der Waals surface area contributed by atoms with E-state index in [1.54, 1.807) is 18.2 Å². The number of benzene rings is 2. The van der Waals surface area contributed by atoms with Crippen LogP contribution >= 0.6 is 11.6 Å². The summed E-state index contributed by atoms with van der Waals surface area (Å²) in [6.07, 6.45) is 2.25. The van der Waals surface area contributed by atoms with Crippen molar-refractivity contribution in [2.45, 2.75) is 52.5 Å². The molecule has 1 fully saturated rings. The number of likely N-dealkylation sites (tertiary alicyclic amines) is 1. The van der Waals surface area contributed by atoms with Gasteiger partial charge in [0, 0.05) is 27.1 Å². The SMILES string of the molecule is CCN1CCC[C@]1(C)C(=O)[N-]c1ccc(Cl)cc1C(=NC[C@H](CC(C)C)C(=O)O)c1ccccc1.[Ni]. The number of likely N-dealkylation sites (N-methyl/N-ethyl adjacent to an activating group) is 1. The summed E-state index contributed by atoms with van der Waals surface area (Å²) in [5, 5.41) is 14.8. The van der Waals surface area contributed by atoms with Crippen LogP contribution in [0.4, 0.5) is 5.69 Å². The number of aliphatic imine (C=N–C) groups is 1. The van der Waals surface area contributed by atoms with Crippen LogP contribution in [0.1, 0.15) is 58.1 Å². The third kappa shape index (κ3) is 7.18. The number of nitrogens with zero attached hydrogens (tertiary/aromatic N) is 3. The van der Waals surface area contributed by atoms with Gasteiger partial charge in [-0.05, 0) is 62.9 Å². The fraction of sp³-hybridized carbons (Fsp3) is 0.464. The van der Waals surface area contributed by atoms with Crippen molar-refractivity contribution in [3.8, 4) is 0 Å². The molecule has 0 spiro atoms. The first kappa shape index (κ1) is 30.0. The molecule has 198 valence electrons. The molecule has 1 saturated heterocycles. The summed E-state index contributed by atoms with van der Waals surface area (Å²) in [4.78, 5) is 32.3. The molecule has 36 heavy (non-hydrogen) atoms. The number of amides is 1. The Kier molecular flexibility index (Phi) is 11.1. The first-order valence-electron chi connectivity index (χ1n) is 12.3. The number of carboxylic acid groups (broad SMARTS) is 1. The fourth-order valence-corrected chi connectivity index (χ4v) is 4.92. The molecule has 1 heterocycles. The van der Waals surface area contributed by atoms with Crippen molar-refractivity contribution >= 4 is 34.9 Å². The van der Waals surface area contributed by atoms with Crippen LogP contribution in [-0.2, 0) is 26.1 Å². The average molecular weight is 556 g/mol. The van der Waals surface area contributed by atoms with Crippen LogP contribution in [0.3, 0.4) is 0 Å². The minimum absolute atomic E-state index is 0. The monoisotopic (exact) mass is 554 g/mol. The normalized spacial score (nSPS) is 19.1. The van der Waals surface area contributed by atoms with E-state index >= 15 is 0 Å². The molecule has 2 aromatic carbocycles. The standard InChI is InChI=1S/C28H36ClN3O3.Ni/c1-5-32-15-9-14-28(32,4)27(35)31-24-13-12-22(29)17-23(24)25(20-10-7-6-8-11-20)30-18-21(26(33)34)16-19(2)3;/h6-8,10-13,17,19,21H,5,9,14-16,18H2,1-4H3,(H2,30,31,33,34,35);/p-1/t21-,28+;/m0./s1. The Morgan fingerprint density at radius 3 is 2.50 bits per heavy atom. The smallest absolute Gasteiger partial charge is 0.308 e. The van der Waals surface area contributed by atoms with Crippen molar-refractivity contribution < 1.29 is 31.2 Å². The third-order valence-corrected chi connectivity index (χ3v) is 6.93. The summed E-state index contributed by atoms with van der Waals surface area (Å²) in [5.41, 5.74) is 1.87. The molecule has 0 bridgehead atoms. The van der Waals surface area contributed by atoms with E-state index < -0.39 is 17.4 Å². The topological polar surface area (TPSA) is 84.1 Å². The van der Waals surface area contributed by atoms with Crippen LogP contribution < -0.4 is 0 Å². The molecule has 1 aliphatic heterocycles. The van der Waals surface area contributed by atoms with E-state index in [1.807, 2.05) is 51.1 Å². The zero-order valence-electron chi connectivity index (χ0n) is 21.3. The second kappa shape index (κ2) is 13.4. The van der Waals surface area contributed by atoms with Crippen LogP contribution in [0, 0.1) is 11.8 Å². The molecule has 0 aliphatic carbocycles. The van der Waals surface area contributed by atoms with Crippen molar-refractivity contribution in [2.24, 2.45) is 16.8 Å². The molecule has 0 aromatic heterocycles. The summed E-state index contributed by atoms with van der Waals surface area (Å²) in [6.45, 7) is 9.81. The average Bonchev–Trinajstić information content (AvgIpc) is 3.22. The fourth-order valence-electron chi connectivity index (χ4n) is 4.75. The number of carbonyl (C=O) groups excluding carboxylic acids is 1. The predicted octanol–water partition coefficient (Wildman–Crippen LogP) is 6.33. The Morgan fingerprint density at radius 2 is 1.89 bits per heavy atom. The first-order chi connectivity index (χ1) is 16.7. The van der Waals surface area contributed by atoms with Gasteiger partial charge in [0.2, 0.25) is 0 Å². The molecular weight excluding hydrogens is 520 g/mol. The Balaban J connectivity index is 0.00000456. The Hall–Kier alpha value is -2.21. The molecule has 1 aliphatic rings. The number of hydrogen-bond acceptors (Lipinski definition) is 4. The van der Waals surface area contributed by atoms with Gasteiger partial charge in [-0.25, -0.2) is 0 Å². The van der Waals surface area contributed by atoms with Crippen molar-refractivity contribution in [3.63, 3.8) is 0 Å². The van der Waals surface area contributed by atoms with Crippen molar-refractivity contribution in [1.29, 1.82) is 0 Å². The Bertz CT molecular complexity index is 1080. The molecule has 2 aromatic rings. The van der Waals surface area contributed by atoms with Gasteiger partial charge >= 0.3 is 5.97 Å². The van der Waals surface area contributed by atoms with Gasteiger partial charge in [0.1, 0.15) is 0 Å². The summed E-state index contributed by atoms with van der Waals surface area (Å²) in [5.74, 6) is -1.43. The van der Waals surface area contributed by atoms with Crippen LogP contribution in [-0.4, -0.2) is 52.8 Å². The maximum Gasteiger partial charge on any atom is 0.308 e. The zero-order valence-corrected chi connectivity index (χ0v) is 23.1. The number of carbonyl (C=O) groups is 2. The van der Waals surface area contributed by atoms with Crippen molar-refractivity contribution in [1.82, 2.24) is 4.90 Å². The second-order valence-electron chi connectivity index (χ2n) is 9.76. The zero-order chi connectivity index (χ0) is 25.6. The van der Waals surface area contributed by atoms with E-state index in [0.29, 0.717) is 28.4 Å². The van der Waals surface area contributed by atoms with E-state index in [9.17, 15) is 14.7 Å². The number of halogens is 1. The van der Waals surface area contributed by atoms with Crippen LogP contribution in [0.5, 0.6) is 0 Å². The molecule has 2 atom stereocenters. The van der Waals surface area contributed by atoms with E-state index in [-0.39, 0.29) is 34.9 Å². The van der Waals surface area contributed by atoms with Gasteiger partial charge in [-0.3, -0.25) is 14.7 Å². The van der Waals surface area contributed by atoms with Gasteiger partial charge in [0.25, 0.3) is 0 Å². The van der Waals surface area contributed by atoms with Gasteiger partial charge in [0.05, 0.1) is 29.6 Å². The molecule has 0 radical (unpaired) electrons. The van der Waals surface area contributed by atoms with Crippen LogP contribution in [0.2, 0.25) is 5.02 Å².